The summed E-state index contributed by atoms with van der Waals surface area (Å²) < 4.78 is 5.83. The number of Topliss-reactive ketones (excluding diaryl/α,β-unsaturated/α-hetero) is 1. The normalized spacial score (nSPS) is 24.1. The zero-order valence-corrected chi connectivity index (χ0v) is 23.4. The van der Waals surface area contributed by atoms with Crippen molar-refractivity contribution in [1.82, 2.24) is 14.9 Å². The van der Waals surface area contributed by atoms with Crippen LogP contribution in [0.15, 0.2) is 36.5 Å². The van der Waals surface area contributed by atoms with E-state index in [1.165, 1.54) is 54.4 Å². The number of carbonyl (C=O) groups is 1. The molecule has 3 aromatic rings. The van der Waals surface area contributed by atoms with E-state index in [9.17, 15) is 4.79 Å². The van der Waals surface area contributed by atoms with Crippen LogP contribution < -0.4 is 4.90 Å². The van der Waals surface area contributed by atoms with Gasteiger partial charge < -0.3 is 9.64 Å². The number of carbonyl (C=O) groups excluding carboxylic acids is 1. The molecule has 0 bridgehead atoms. The SMILES string of the molecule is CCOC1CCN(c2nc3c(s2)CCN(CCC2CCC(CC(=O)c4cccc5ncccc45)CC2)C3)C1. The van der Waals surface area contributed by atoms with Gasteiger partial charge in [0.2, 0.25) is 0 Å². The number of rotatable bonds is 9. The van der Waals surface area contributed by atoms with Gasteiger partial charge in [-0.2, -0.15) is 0 Å². The van der Waals surface area contributed by atoms with Crippen molar-refractivity contribution in [3.8, 4) is 0 Å². The van der Waals surface area contributed by atoms with Crippen LogP contribution in [0.5, 0.6) is 0 Å². The average Bonchev–Trinajstić information content (AvgIpc) is 3.59. The highest BCUT2D eigenvalue weighted by atomic mass is 32.1. The smallest absolute Gasteiger partial charge is 0.185 e. The van der Waals surface area contributed by atoms with Crippen LogP contribution in [0.25, 0.3) is 10.9 Å². The maximum absolute atomic E-state index is 13.1. The minimum Gasteiger partial charge on any atom is -0.377 e. The van der Waals surface area contributed by atoms with E-state index >= 15 is 0 Å². The molecular weight excluding hydrogens is 492 g/mol. The van der Waals surface area contributed by atoms with Gasteiger partial charge in [0.15, 0.2) is 10.9 Å². The van der Waals surface area contributed by atoms with Gasteiger partial charge in [-0.1, -0.05) is 31.0 Å². The summed E-state index contributed by atoms with van der Waals surface area (Å²) in [4.78, 5) is 29.1. The third kappa shape index (κ3) is 5.80. The van der Waals surface area contributed by atoms with E-state index in [4.69, 9.17) is 9.72 Å². The summed E-state index contributed by atoms with van der Waals surface area (Å²) in [5.41, 5.74) is 3.06. The lowest BCUT2D eigenvalue weighted by atomic mass is 9.78. The highest BCUT2D eigenvalue weighted by Gasteiger charge is 2.29. The summed E-state index contributed by atoms with van der Waals surface area (Å²) in [6.07, 6.45) is 11.2. The van der Waals surface area contributed by atoms with Crippen LogP contribution >= 0.6 is 11.3 Å². The number of ketones is 1. The zero-order valence-electron chi connectivity index (χ0n) is 22.6. The maximum Gasteiger partial charge on any atom is 0.185 e. The second-order valence-electron chi connectivity index (χ2n) is 11.4. The minimum atomic E-state index is 0.279. The molecule has 1 atom stereocenters. The van der Waals surface area contributed by atoms with Gasteiger partial charge in [0.25, 0.3) is 0 Å². The number of aromatic nitrogens is 2. The first-order valence-electron chi connectivity index (χ1n) is 14.6. The molecule has 38 heavy (non-hydrogen) atoms. The van der Waals surface area contributed by atoms with Crippen LogP contribution in [0.3, 0.4) is 0 Å². The first kappa shape index (κ1) is 25.9. The quantitative estimate of drug-likeness (QED) is 0.309. The van der Waals surface area contributed by atoms with E-state index in [1.54, 1.807) is 6.20 Å². The van der Waals surface area contributed by atoms with Crippen molar-refractivity contribution in [2.75, 3.05) is 37.7 Å². The number of benzene rings is 1. The number of nitrogens with zero attached hydrogens (tertiary/aromatic N) is 4. The van der Waals surface area contributed by atoms with Crippen molar-refractivity contribution >= 4 is 33.2 Å². The van der Waals surface area contributed by atoms with Crippen LogP contribution in [-0.4, -0.2) is 59.5 Å². The van der Waals surface area contributed by atoms with Crippen molar-refractivity contribution in [3.05, 3.63) is 52.7 Å². The molecule has 4 heterocycles. The molecule has 3 aliphatic rings. The Bertz CT molecular complexity index is 1250. The maximum atomic E-state index is 13.1. The van der Waals surface area contributed by atoms with E-state index in [0.29, 0.717) is 18.4 Å². The monoisotopic (exact) mass is 532 g/mol. The fourth-order valence-corrected chi connectivity index (χ4v) is 7.74. The molecule has 7 heteroatoms. The highest BCUT2D eigenvalue weighted by Crippen LogP contribution is 2.36. The first-order valence-corrected chi connectivity index (χ1v) is 15.4. The molecule has 6 rings (SSSR count). The molecule has 0 spiro atoms. The largest absolute Gasteiger partial charge is 0.377 e. The second kappa shape index (κ2) is 11.8. The van der Waals surface area contributed by atoms with Gasteiger partial charge in [-0.05, 0) is 69.5 Å². The fourth-order valence-electron chi connectivity index (χ4n) is 6.65. The van der Waals surface area contributed by atoms with Gasteiger partial charge in [0.05, 0.1) is 17.3 Å². The topological polar surface area (TPSA) is 58.6 Å². The summed E-state index contributed by atoms with van der Waals surface area (Å²) in [6.45, 7) is 8.24. The molecule has 0 radical (unpaired) electrons. The Labute approximate surface area is 230 Å². The third-order valence-electron chi connectivity index (χ3n) is 8.85. The van der Waals surface area contributed by atoms with E-state index < -0.39 is 0 Å². The van der Waals surface area contributed by atoms with Gasteiger partial charge in [-0.3, -0.25) is 14.7 Å². The van der Waals surface area contributed by atoms with Gasteiger partial charge in [-0.25, -0.2) is 4.98 Å². The van der Waals surface area contributed by atoms with Gasteiger partial charge >= 0.3 is 0 Å². The Morgan fingerprint density at radius 1 is 1.08 bits per heavy atom. The summed E-state index contributed by atoms with van der Waals surface area (Å²) in [5.74, 6) is 1.58. The summed E-state index contributed by atoms with van der Waals surface area (Å²) in [5, 5.41) is 2.19. The van der Waals surface area contributed by atoms with Crippen molar-refractivity contribution in [3.63, 3.8) is 0 Å². The second-order valence-corrected chi connectivity index (χ2v) is 12.4. The number of fused-ring (bicyclic) bond motifs is 2. The van der Waals surface area contributed by atoms with Crippen LogP contribution in [-0.2, 0) is 17.7 Å². The van der Waals surface area contributed by atoms with E-state index in [-0.39, 0.29) is 5.78 Å². The van der Waals surface area contributed by atoms with Crippen LogP contribution in [0.4, 0.5) is 5.13 Å². The fraction of sp³-hybridized carbons (Fsp3) is 0.581. The molecule has 202 valence electrons. The van der Waals surface area contributed by atoms with Crippen LogP contribution in [0.1, 0.15) is 72.8 Å². The Morgan fingerprint density at radius 2 is 1.95 bits per heavy atom. The van der Waals surface area contributed by atoms with Crippen LogP contribution in [0.2, 0.25) is 0 Å². The molecule has 6 nitrogen and oxygen atoms in total. The highest BCUT2D eigenvalue weighted by molar-refractivity contribution is 7.15. The van der Waals surface area contributed by atoms with Crippen molar-refractivity contribution in [2.24, 2.45) is 11.8 Å². The summed E-state index contributed by atoms with van der Waals surface area (Å²) in [7, 11) is 0. The van der Waals surface area contributed by atoms with Crippen molar-refractivity contribution < 1.29 is 9.53 Å². The molecule has 0 amide bonds. The van der Waals surface area contributed by atoms with E-state index in [2.05, 4.69) is 21.7 Å². The van der Waals surface area contributed by atoms with E-state index in [0.717, 1.165) is 68.0 Å². The van der Waals surface area contributed by atoms with Gasteiger partial charge in [0, 0.05) is 61.2 Å². The lowest BCUT2D eigenvalue weighted by molar-refractivity contribution is 0.0787. The lowest BCUT2D eigenvalue weighted by Crippen LogP contribution is -2.32. The molecule has 2 aromatic heterocycles. The Hall–Kier alpha value is -2.35. The van der Waals surface area contributed by atoms with Gasteiger partial charge in [0.1, 0.15) is 0 Å². The molecule has 1 saturated carbocycles. The molecular formula is C31H40N4O2S. The minimum absolute atomic E-state index is 0.279. The number of pyridine rings is 1. The van der Waals surface area contributed by atoms with E-state index in [1.807, 2.05) is 41.7 Å². The molecule has 1 aliphatic carbocycles. The number of anilines is 1. The number of ether oxygens (including phenoxy) is 1. The Morgan fingerprint density at radius 3 is 2.82 bits per heavy atom. The molecule has 1 saturated heterocycles. The standard InChI is InChI=1S/C31H40N4O2S/c1-2-37-24-13-18-35(20-24)31-33-28-21-34(17-14-30(28)38-31)16-12-22-8-10-23(11-9-22)19-29(36)26-5-3-7-27-25(26)6-4-15-32-27/h3-7,15,22-24H,2,8-14,16-21H2,1H3. The lowest BCUT2D eigenvalue weighted by Gasteiger charge is -2.31. The third-order valence-corrected chi connectivity index (χ3v) is 10.1. The Balaban J connectivity index is 0.952. The van der Waals surface area contributed by atoms with Crippen molar-refractivity contribution in [1.29, 1.82) is 0 Å². The molecule has 2 fully saturated rings. The zero-order chi connectivity index (χ0) is 25.9. The average molecular weight is 533 g/mol. The van der Waals surface area contributed by atoms with Crippen molar-refractivity contribution in [2.45, 2.75) is 70.9 Å². The van der Waals surface area contributed by atoms with Gasteiger partial charge in [-0.15, -0.1) is 11.3 Å². The number of hydrogen-bond acceptors (Lipinski definition) is 7. The molecule has 2 aliphatic heterocycles. The predicted octanol–water partition coefficient (Wildman–Crippen LogP) is 6.13. The number of thiazole rings is 1. The molecule has 0 N–H and O–H groups in total. The molecule has 1 aromatic carbocycles. The van der Waals surface area contributed by atoms with Crippen LogP contribution in [0, 0.1) is 11.8 Å². The summed E-state index contributed by atoms with van der Waals surface area (Å²) >= 11 is 1.91. The molecule has 1 unspecified atom stereocenters. The first-order chi connectivity index (χ1) is 18.7. The summed E-state index contributed by atoms with van der Waals surface area (Å²) in [6, 6.07) is 9.86. The predicted molar refractivity (Wildman–Crippen MR) is 154 cm³/mol. The number of hydrogen-bond donors (Lipinski definition) is 0. The Kier molecular flexibility index (Phi) is 8.05.